The van der Waals surface area contributed by atoms with Crippen molar-refractivity contribution >= 4 is 34.3 Å². The Hall–Kier alpha value is -4.69. The van der Waals surface area contributed by atoms with Crippen LogP contribution in [0.25, 0.3) is 16.7 Å². The van der Waals surface area contributed by atoms with Crippen LogP contribution in [0, 0.1) is 0 Å². The number of urea groups is 1. The SMILES string of the molecule is COCCN(C)CCOc1ccc(NC(=O)Nc2ccc(-n3ccc(=O)c4c(N)ncnc43)cc2)cc1C(F)(F)F. The number of benzene rings is 2. The summed E-state index contributed by atoms with van der Waals surface area (Å²) in [7, 11) is 3.38. The first kappa shape index (κ1) is 29.3. The van der Waals surface area contributed by atoms with Gasteiger partial charge in [0.15, 0.2) is 11.1 Å². The Labute approximate surface area is 232 Å². The molecule has 4 aromatic rings. The lowest BCUT2D eigenvalue weighted by atomic mass is 10.1. The minimum Gasteiger partial charge on any atom is -0.492 e. The third-order valence-electron chi connectivity index (χ3n) is 6.06. The van der Waals surface area contributed by atoms with Crippen LogP contribution in [0.1, 0.15) is 5.56 Å². The van der Waals surface area contributed by atoms with Crippen LogP contribution in [0.4, 0.5) is 35.2 Å². The largest absolute Gasteiger partial charge is 0.492 e. The number of hydrogen-bond donors (Lipinski definition) is 3. The molecule has 0 aliphatic carbocycles. The number of pyridine rings is 1. The van der Waals surface area contributed by atoms with Crippen LogP contribution in [-0.2, 0) is 10.9 Å². The molecule has 0 radical (unpaired) electrons. The van der Waals surface area contributed by atoms with Gasteiger partial charge < -0.3 is 35.3 Å². The van der Waals surface area contributed by atoms with Crippen molar-refractivity contribution in [3.05, 3.63) is 76.8 Å². The van der Waals surface area contributed by atoms with Crippen molar-refractivity contribution < 1.29 is 27.4 Å². The summed E-state index contributed by atoms with van der Waals surface area (Å²) in [6, 6.07) is 10.4. The lowest BCUT2D eigenvalue weighted by Gasteiger charge is -2.19. The normalized spacial score (nSPS) is 11.6. The molecular formula is C27H28F3N7O4. The van der Waals surface area contributed by atoms with Crippen molar-refractivity contribution in [1.29, 1.82) is 0 Å². The molecule has 0 aliphatic heterocycles. The van der Waals surface area contributed by atoms with Crippen molar-refractivity contribution in [3.8, 4) is 11.4 Å². The number of nitrogens with two attached hydrogens (primary N) is 1. The fraction of sp³-hybridized carbons (Fsp3) is 0.259. The third kappa shape index (κ3) is 7.29. The Balaban J connectivity index is 1.43. The molecule has 0 aliphatic rings. The molecule has 2 aromatic carbocycles. The molecule has 2 aromatic heterocycles. The zero-order chi connectivity index (χ0) is 29.6. The van der Waals surface area contributed by atoms with E-state index in [-0.39, 0.29) is 34.7 Å². The number of methoxy groups -OCH3 is 1. The Morgan fingerprint density at radius 3 is 2.41 bits per heavy atom. The predicted molar refractivity (Wildman–Crippen MR) is 149 cm³/mol. The Bertz CT molecular complexity index is 1580. The number of aromatic nitrogens is 3. The van der Waals surface area contributed by atoms with Gasteiger partial charge in [0.1, 0.15) is 29.9 Å². The molecule has 0 bridgehead atoms. The highest BCUT2D eigenvalue weighted by molar-refractivity contribution is 6.00. The van der Waals surface area contributed by atoms with E-state index in [1.165, 1.54) is 30.7 Å². The van der Waals surface area contributed by atoms with Gasteiger partial charge in [-0.2, -0.15) is 13.2 Å². The van der Waals surface area contributed by atoms with Crippen LogP contribution >= 0.6 is 0 Å². The van der Waals surface area contributed by atoms with Crippen molar-refractivity contribution in [3.63, 3.8) is 0 Å². The van der Waals surface area contributed by atoms with E-state index in [2.05, 4.69) is 20.6 Å². The zero-order valence-corrected chi connectivity index (χ0v) is 22.2. The van der Waals surface area contributed by atoms with Crippen molar-refractivity contribution in [2.75, 3.05) is 56.8 Å². The second-order valence-corrected chi connectivity index (χ2v) is 8.99. The predicted octanol–water partition coefficient (Wildman–Crippen LogP) is 3.98. The van der Waals surface area contributed by atoms with Crippen molar-refractivity contribution in [2.24, 2.45) is 0 Å². The number of nitrogens with one attached hydrogen (secondary N) is 2. The van der Waals surface area contributed by atoms with Gasteiger partial charge in [-0.05, 0) is 49.5 Å². The van der Waals surface area contributed by atoms with E-state index in [1.54, 1.807) is 35.9 Å². The molecule has 216 valence electrons. The Morgan fingerprint density at radius 2 is 1.71 bits per heavy atom. The summed E-state index contributed by atoms with van der Waals surface area (Å²) >= 11 is 0. The molecule has 41 heavy (non-hydrogen) atoms. The summed E-state index contributed by atoms with van der Waals surface area (Å²) in [5.74, 6) is -0.274. The maximum atomic E-state index is 13.7. The van der Waals surface area contributed by atoms with Crippen LogP contribution in [-0.4, -0.2) is 65.9 Å². The van der Waals surface area contributed by atoms with E-state index in [1.807, 2.05) is 11.9 Å². The summed E-state index contributed by atoms with van der Waals surface area (Å²) in [4.78, 5) is 34.6. The molecule has 14 heteroatoms. The van der Waals surface area contributed by atoms with Crippen LogP contribution in [0.5, 0.6) is 5.75 Å². The fourth-order valence-corrected chi connectivity index (χ4v) is 3.94. The van der Waals surface area contributed by atoms with Crippen LogP contribution in [0.2, 0.25) is 0 Å². The number of amides is 2. The number of fused-ring (bicyclic) bond motifs is 1. The molecule has 11 nitrogen and oxygen atoms in total. The molecule has 0 spiro atoms. The summed E-state index contributed by atoms with van der Waals surface area (Å²) in [6.45, 7) is 1.56. The molecule has 0 saturated carbocycles. The number of likely N-dealkylation sites (N-methyl/N-ethyl adjacent to an activating group) is 1. The second-order valence-electron chi connectivity index (χ2n) is 8.99. The van der Waals surface area contributed by atoms with Gasteiger partial charge in [-0.15, -0.1) is 0 Å². The van der Waals surface area contributed by atoms with Crippen LogP contribution in [0.3, 0.4) is 0 Å². The van der Waals surface area contributed by atoms with Gasteiger partial charge in [0.25, 0.3) is 0 Å². The molecule has 0 fully saturated rings. The van der Waals surface area contributed by atoms with Gasteiger partial charge in [0.05, 0.1) is 12.2 Å². The second kappa shape index (κ2) is 12.7. The van der Waals surface area contributed by atoms with Gasteiger partial charge >= 0.3 is 12.2 Å². The monoisotopic (exact) mass is 571 g/mol. The van der Waals surface area contributed by atoms with Crippen molar-refractivity contribution in [1.82, 2.24) is 19.4 Å². The summed E-state index contributed by atoms with van der Waals surface area (Å²) in [6.07, 6.45) is -1.90. The summed E-state index contributed by atoms with van der Waals surface area (Å²) in [5.41, 5.74) is 5.77. The Kier molecular flexibility index (Phi) is 9.04. The number of nitrogen functional groups attached to an aromatic ring is 1. The molecular weight excluding hydrogens is 543 g/mol. The number of rotatable bonds is 10. The number of anilines is 3. The maximum absolute atomic E-state index is 13.7. The first-order chi connectivity index (χ1) is 19.6. The average molecular weight is 572 g/mol. The number of hydrogen-bond acceptors (Lipinski definition) is 8. The van der Waals surface area contributed by atoms with Gasteiger partial charge in [0.2, 0.25) is 0 Å². The highest BCUT2D eigenvalue weighted by Gasteiger charge is 2.35. The first-order valence-corrected chi connectivity index (χ1v) is 12.4. The van der Waals surface area contributed by atoms with Crippen LogP contribution < -0.4 is 26.5 Å². The molecule has 0 saturated heterocycles. The number of carbonyl (C=O) groups excluding carboxylic acids is 1. The smallest absolute Gasteiger partial charge is 0.420 e. The lowest BCUT2D eigenvalue weighted by molar-refractivity contribution is -0.138. The highest BCUT2D eigenvalue weighted by Crippen LogP contribution is 2.38. The minimum absolute atomic E-state index is 0.0437. The first-order valence-electron chi connectivity index (χ1n) is 12.4. The van der Waals surface area contributed by atoms with Gasteiger partial charge in [-0.3, -0.25) is 4.79 Å². The van der Waals surface area contributed by atoms with E-state index < -0.39 is 17.8 Å². The summed E-state index contributed by atoms with van der Waals surface area (Å²) < 4.78 is 53.2. The molecule has 2 amide bonds. The summed E-state index contributed by atoms with van der Waals surface area (Å²) in [5, 5.41) is 5.17. The third-order valence-corrected chi connectivity index (χ3v) is 6.06. The number of halogens is 3. The lowest BCUT2D eigenvalue weighted by Crippen LogP contribution is -2.28. The van der Waals surface area contributed by atoms with Crippen LogP contribution in [0.15, 0.2) is 65.8 Å². The van der Waals surface area contributed by atoms with E-state index in [0.717, 1.165) is 6.07 Å². The number of carbonyl (C=O) groups is 1. The Morgan fingerprint density at radius 1 is 1.02 bits per heavy atom. The van der Waals surface area contributed by atoms with E-state index in [0.29, 0.717) is 36.7 Å². The zero-order valence-electron chi connectivity index (χ0n) is 22.2. The number of ether oxygens (including phenoxy) is 2. The maximum Gasteiger partial charge on any atom is 0.420 e. The molecule has 4 rings (SSSR count). The quantitative estimate of drug-likeness (QED) is 0.260. The average Bonchev–Trinajstić information content (AvgIpc) is 2.93. The molecule has 0 unspecified atom stereocenters. The standard InChI is InChI=1S/C27H28F3N7O4/c1-36(11-13-40-2)12-14-41-22-8-5-18(15-20(22)27(28,29)30)35-26(39)34-17-3-6-19(7-4-17)37-10-9-21(38)23-24(31)32-16-33-25(23)37/h3-10,15-16H,11-14H2,1-2H3,(H2,31,32,33)(H2,34,35,39). The highest BCUT2D eigenvalue weighted by atomic mass is 19.4. The number of nitrogens with zero attached hydrogens (tertiary/aromatic N) is 4. The molecule has 2 heterocycles. The topological polar surface area (TPSA) is 137 Å². The fourth-order valence-electron chi connectivity index (χ4n) is 3.94. The van der Waals surface area contributed by atoms with E-state index in [4.69, 9.17) is 15.2 Å². The van der Waals surface area contributed by atoms with E-state index >= 15 is 0 Å². The van der Waals surface area contributed by atoms with Crippen molar-refractivity contribution in [2.45, 2.75) is 6.18 Å². The van der Waals surface area contributed by atoms with E-state index in [9.17, 15) is 22.8 Å². The van der Waals surface area contributed by atoms with Gasteiger partial charge in [-0.25, -0.2) is 14.8 Å². The minimum atomic E-state index is -4.69. The number of alkyl halides is 3. The van der Waals surface area contributed by atoms with Gasteiger partial charge in [0, 0.05) is 49.5 Å². The van der Waals surface area contributed by atoms with Gasteiger partial charge in [-0.1, -0.05) is 0 Å². The molecule has 0 atom stereocenters. The molecule has 4 N–H and O–H groups in total.